The van der Waals surface area contributed by atoms with Gasteiger partial charge in [-0.3, -0.25) is 9.78 Å². The van der Waals surface area contributed by atoms with Crippen molar-refractivity contribution in [2.75, 3.05) is 0 Å². The number of hydrogen-bond acceptors (Lipinski definition) is 2. The summed E-state index contributed by atoms with van der Waals surface area (Å²) in [4.78, 5) is 17.6. The van der Waals surface area contributed by atoms with Gasteiger partial charge in [-0.2, -0.15) is 0 Å². The van der Waals surface area contributed by atoms with Gasteiger partial charge in [0.15, 0.2) is 5.78 Å². The molecule has 3 heteroatoms. The molecule has 1 heterocycles. The number of pyridine rings is 1. The molecule has 3 aromatic rings. The number of benzene rings is 2. The van der Waals surface area contributed by atoms with Crippen LogP contribution in [0.25, 0.3) is 22.0 Å². The molecule has 2 aromatic carbocycles. The lowest BCUT2D eigenvalue weighted by Gasteiger charge is -2.15. The second-order valence-corrected chi connectivity index (χ2v) is 6.94. The van der Waals surface area contributed by atoms with E-state index >= 15 is 0 Å². The smallest absolute Gasteiger partial charge is 0.168 e. The molecule has 1 fully saturated rings. The Morgan fingerprint density at radius 2 is 1.83 bits per heavy atom. The summed E-state index contributed by atoms with van der Waals surface area (Å²) < 4.78 is 0.959. The molecule has 114 valence electrons. The number of aryl methyl sites for hydroxylation is 1. The lowest BCUT2D eigenvalue weighted by atomic mass is 9.91. The van der Waals surface area contributed by atoms with Crippen LogP contribution in [0.3, 0.4) is 0 Å². The van der Waals surface area contributed by atoms with Crippen molar-refractivity contribution in [1.29, 1.82) is 0 Å². The molecule has 2 nitrogen and oxygen atoms in total. The molecule has 1 aromatic heterocycles. The van der Waals surface area contributed by atoms with Crippen molar-refractivity contribution in [1.82, 2.24) is 4.98 Å². The van der Waals surface area contributed by atoms with Gasteiger partial charge in [-0.1, -0.05) is 42.5 Å². The SMILES string of the molecule is Cc1nc2c(Br)cccc2c(-c2ccccc2)c1C(=O)C1CC1. The second kappa shape index (κ2) is 5.57. The fourth-order valence-electron chi connectivity index (χ4n) is 3.13. The standard InChI is InChI=1S/C20H16BrNO/c1-12-17(20(23)14-10-11-14)18(13-6-3-2-4-7-13)15-8-5-9-16(21)19(15)22-12/h2-9,14H,10-11H2,1H3. The minimum absolute atomic E-state index is 0.183. The van der Waals surface area contributed by atoms with Crippen LogP contribution in [0.15, 0.2) is 53.0 Å². The first kappa shape index (κ1) is 14.6. The van der Waals surface area contributed by atoms with Gasteiger partial charge < -0.3 is 0 Å². The van der Waals surface area contributed by atoms with E-state index in [0.29, 0.717) is 0 Å². The third-order valence-electron chi connectivity index (χ3n) is 4.40. The number of fused-ring (bicyclic) bond motifs is 1. The minimum Gasteiger partial charge on any atom is -0.294 e. The highest BCUT2D eigenvalue weighted by atomic mass is 79.9. The summed E-state index contributed by atoms with van der Waals surface area (Å²) in [6.45, 7) is 1.95. The molecule has 4 rings (SSSR count). The molecule has 1 saturated carbocycles. The molecular weight excluding hydrogens is 350 g/mol. The zero-order valence-corrected chi connectivity index (χ0v) is 14.4. The minimum atomic E-state index is 0.183. The number of aromatic nitrogens is 1. The molecule has 0 unspecified atom stereocenters. The number of Topliss-reactive ketones (excluding diaryl/α,β-unsaturated/α-hetero) is 1. The van der Waals surface area contributed by atoms with E-state index in [1.807, 2.05) is 37.3 Å². The first-order chi connectivity index (χ1) is 11.2. The number of halogens is 1. The Bertz CT molecular complexity index is 914. The summed E-state index contributed by atoms with van der Waals surface area (Å²) >= 11 is 3.59. The lowest BCUT2D eigenvalue weighted by molar-refractivity contribution is 0.0967. The van der Waals surface area contributed by atoms with E-state index in [1.54, 1.807) is 0 Å². The van der Waals surface area contributed by atoms with Crippen LogP contribution in [-0.2, 0) is 0 Å². The molecule has 0 bridgehead atoms. The maximum atomic E-state index is 12.9. The Labute approximate surface area is 143 Å². The molecule has 0 amide bonds. The summed E-state index contributed by atoms with van der Waals surface area (Å²) in [7, 11) is 0. The molecule has 0 N–H and O–H groups in total. The van der Waals surface area contributed by atoms with Crippen LogP contribution in [0, 0.1) is 12.8 Å². The number of ketones is 1. The summed E-state index contributed by atoms with van der Waals surface area (Å²) in [5.41, 5.74) is 4.62. The largest absolute Gasteiger partial charge is 0.294 e. The van der Waals surface area contributed by atoms with E-state index in [9.17, 15) is 4.79 Å². The van der Waals surface area contributed by atoms with Gasteiger partial charge in [0, 0.05) is 32.6 Å². The maximum absolute atomic E-state index is 12.9. The van der Waals surface area contributed by atoms with E-state index in [4.69, 9.17) is 4.98 Å². The molecular formula is C20H16BrNO. The van der Waals surface area contributed by atoms with E-state index < -0.39 is 0 Å². The average molecular weight is 366 g/mol. The van der Waals surface area contributed by atoms with E-state index in [-0.39, 0.29) is 11.7 Å². The molecule has 0 aliphatic heterocycles. The predicted molar refractivity (Wildman–Crippen MR) is 96.7 cm³/mol. The number of rotatable bonds is 3. The Hall–Kier alpha value is -2.00. The van der Waals surface area contributed by atoms with Crippen molar-refractivity contribution in [2.24, 2.45) is 5.92 Å². The molecule has 1 aliphatic rings. The number of nitrogens with zero attached hydrogens (tertiary/aromatic N) is 1. The molecule has 1 aliphatic carbocycles. The van der Waals surface area contributed by atoms with Gasteiger partial charge in [-0.15, -0.1) is 0 Å². The fourth-order valence-corrected chi connectivity index (χ4v) is 3.58. The zero-order chi connectivity index (χ0) is 16.0. The van der Waals surface area contributed by atoms with Crippen LogP contribution in [-0.4, -0.2) is 10.8 Å². The fraction of sp³-hybridized carbons (Fsp3) is 0.200. The van der Waals surface area contributed by atoms with Gasteiger partial charge in [0.05, 0.1) is 5.52 Å². The Kier molecular flexibility index (Phi) is 3.53. The summed E-state index contributed by atoms with van der Waals surface area (Å²) in [5.74, 6) is 0.429. The highest BCUT2D eigenvalue weighted by molar-refractivity contribution is 9.10. The van der Waals surface area contributed by atoms with Crippen molar-refractivity contribution in [3.8, 4) is 11.1 Å². The first-order valence-corrected chi connectivity index (χ1v) is 8.64. The van der Waals surface area contributed by atoms with Crippen LogP contribution in [0.5, 0.6) is 0 Å². The Balaban J connectivity index is 2.11. The molecule has 23 heavy (non-hydrogen) atoms. The van der Waals surface area contributed by atoms with Gasteiger partial charge in [0.2, 0.25) is 0 Å². The van der Waals surface area contributed by atoms with Crippen LogP contribution >= 0.6 is 15.9 Å². The topological polar surface area (TPSA) is 30.0 Å². The number of para-hydroxylation sites is 1. The van der Waals surface area contributed by atoms with Gasteiger partial charge in [0.1, 0.15) is 0 Å². The lowest BCUT2D eigenvalue weighted by Crippen LogP contribution is -2.09. The van der Waals surface area contributed by atoms with Crippen LogP contribution in [0.4, 0.5) is 0 Å². The zero-order valence-electron chi connectivity index (χ0n) is 12.8. The van der Waals surface area contributed by atoms with E-state index in [1.165, 1.54) is 0 Å². The predicted octanol–water partition coefficient (Wildman–Crippen LogP) is 5.57. The first-order valence-electron chi connectivity index (χ1n) is 7.85. The molecule has 0 saturated heterocycles. The summed E-state index contributed by atoms with van der Waals surface area (Å²) in [6.07, 6.45) is 2.01. The molecule has 0 radical (unpaired) electrons. The highest BCUT2D eigenvalue weighted by Crippen LogP contribution is 2.40. The van der Waals surface area contributed by atoms with Crippen molar-refractivity contribution in [3.05, 3.63) is 64.3 Å². The Morgan fingerprint density at radius 1 is 1.09 bits per heavy atom. The summed E-state index contributed by atoms with van der Waals surface area (Å²) in [5, 5.41) is 1.03. The van der Waals surface area contributed by atoms with Crippen LogP contribution in [0.2, 0.25) is 0 Å². The van der Waals surface area contributed by atoms with Crippen molar-refractivity contribution in [3.63, 3.8) is 0 Å². The van der Waals surface area contributed by atoms with Gasteiger partial charge in [-0.25, -0.2) is 0 Å². The van der Waals surface area contributed by atoms with Crippen LogP contribution in [0.1, 0.15) is 28.9 Å². The monoisotopic (exact) mass is 365 g/mol. The van der Waals surface area contributed by atoms with Crippen molar-refractivity contribution < 1.29 is 4.79 Å². The highest BCUT2D eigenvalue weighted by Gasteiger charge is 2.34. The van der Waals surface area contributed by atoms with Gasteiger partial charge in [0.25, 0.3) is 0 Å². The van der Waals surface area contributed by atoms with E-state index in [0.717, 1.165) is 50.6 Å². The third-order valence-corrected chi connectivity index (χ3v) is 5.04. The van der Waals surface area contributed by atoms with Crippen molar-refractivity contribution in [2.45, 2.75) is 19.8 Å². The third kappa shape index (κ3) is 2.49. The molecule has 0 spiro atoms. The number of carbonyl (C=O) groups excluding carboxylic acids is 1. The Morgan fingerprint density at radius 3 is 2.52 bits per heavy atom. The molecule has 0 atom stereocenters. The second-order valence-electron chi connectivity index (χ2n) is 6.09. The van der Waals surface area contributed by atoms with Gasteiger partial charge in [-0.05, 0) is 47.3 Å². The van der Waals surface area contributed by atoms with Crippen molar-refractivity contribution >= 4 is 32.6 Å². The van der Waals surface area contributed by atoms with Crippen LogP contribution < -0.4 is 0 Å². The quantitative estimate of drug-likeness (QED) is 0.568. The maximum Gasteiger partial charge on any atom is 0.168 e. The van der Waals surface area contributed by atoms with Gasteiger partial charge >= 0.3 is 0 Å². The summed E-state index contributed by atoms with van der Waals surface area (Å²) in [6, 6.07) is 16.2. The normalized spacial score (nSPS) is 14.2. The number of carbonyl (C=O) groups is 1. The van der Waals surface area contributed by atoms with E-state index in [2.05, 4.69) is 34.1 Å². The number of hydrogen-bond donors (Lipinski definition) is 0. The average Bonchev–Trinajstić information content (AvgIpc) is 3.40.